The highest BCUT2D eigenvalue weighted by Crippen LogP contribution is 2.28. The predicted molar refractivity (Wildman–Crippen MR) is 90.3 cm³/mol. The summed E-state index contributed by atoms with van der Waals surface area (Å²) in [6.07, 6.45) is 2.46. The lowest BCUT2D eigenvalue weighted by atomic mass is 10.1. The van der Waals surface area contributed by atoms with Crippen molar-refractivity contribution in [2.75, 3.05) is 32.1 Å². The van der Waals surface area contributed by atoms with E-state index in [1.165, 1.54) is 12.8 Å². The zero-order valence-electron chi connectivity index (χ0n) is 14.5. The van der Waals surface area contributed by atoms with Crippen molar-refractivity contribution in [1.82, 2.24) is 0 Å². The molecule has 0 aromatic heterocycles. The number of amides is 1. The molecule has 1 heterocycles. The van der Waals surface area contributed by atoms with Crippen molar-refractivity contribution in [1.29, 1.82) is 0 Å². The maximum absolute atomic E-state index is 12.8. The number of ether oxygens (including phenoxy) is 1. The first-order chi connectivity index (χ1) is 10.4. The molecule has 4 heteroatoms. The molecule has 1 atom stereocenters. The molecule has 1 unspecified atom stereocenters. The molecule has 0 saturated carbocycles. The number of carbonyl (C=O) groups is 1. The molecule has 1 saturated heterocycles. The average molecular weight is 305 g/mol. The van der Waals surface area contributed by atoms with Gasteiger partial charge in [-0.3, -0.25) is 4.79 Å². The average Bonchev–Trinajstić information content (AvgIpc) is 2.99. The Balaban J connectivity index is 2.18. The molecule has 122 valence electrons. The van der Waals surface area contributed by atoms with E-state index in [2.05, 4.69) is 19.2 Å². The molecular formula is C18H29N2O2+. The molecule has 0 aliphatic carbocycles. The van der Waals surface area contributed by atoms with Crippen molar-refractivity contribution in [3.8, 4) is 5.75 Å². The minimum Gasteiger partial charge on any atom is -0.497 e. The van der Waals surface area contributed by atoms with Gasteiger partial charge in [-0.25, -0.2) is 0 Å². The van der Waals surface area contributed by atoms with Gasteiger partial charge in [-0.2, -0.15) is 0 Å². The summed E-state index contributed by atoms with van der Waals surface area (Å²) in [5, 5.41) is 3.16. The Labute approximate surface area is 134 Å². The summed E-state index contributed by atoms with van der Waals surface area (Å²) in [6.45, 7) is 11.5. The highest BCUT2D eigenvalue weighted by atomic mass is 16.5. The van der Waals surface area contributed by atoms with E-state index in [4.69, 9.17) is 4.74 Å². The molecule has 22 heavy (non-hydrogen) atoms. The zero-order valence-corrected chi connectivity index (χ0v) is 14.5. The van der Waals surface area contributed by atoms with Gasteiger partial charge in [0.25, 0.3) is 5.91 Å². The van der Waals surface area contributed by atoms with Crippen LogP contribution in [0.3, 0.4) is 0 Å². The van der Waals surface area contributed by atoms with E-state index in [0.717, 1.165) is 46.7 Å². The molecule has 0 spiro atoms. The third-order valence-electron chi connectivity index (χ3n) is 5.28. The van der Waals surface area contributed by atoms with E-state index in [1.54, 1.807) is 7.11 Å². The van der Waals surface area contributed by atoms with Crippen LogP contribution in [0, 0.1) is 13.8 Å². The van der Waals surface area contributed by atoms with E-state index in [0.29, 0.717) is 0 Å². The van der Waals surface area contributed by atoms with E-state index in [1.807, 2.05) is 26.0 Å². The fraction of sp³-hybridized carbons (Fsp3) is 0.611. The number of likely N-dealkylation sites (N-methyl/N-ethyl adjacent to an activating group) is 1. The van der Waals surface area contributed by atoms with Crippen molar-refractivity contribution in [3.63, 3.8) is 0 Å². The number of anilines is 1. The lowest BCUT2D eigenvalue weighted by Gasteiger charge is -2.38. The van der Waals surface area contributed by atoms with Gasteiger partial charge in [-0.05, 0) is 51.0 Å². The number of hydrogen-bond donors (Lipinski definition) is 1. The van der Waals surface area contributed by atoms with Crippen LogP contribution in [0.4, 0.5) is 5.69 Å². The number of hydrogen-bond acceptors (Lipinski definition) is 2. The molecule has 1 aromatic rings. The van der Waals surface area contributed by atoms with Crippen LogP contribution in [0.5, 0.6) is 5.75 Å². The minimum atomic E-state index is -0.00611. The number of rotatable bonds is 5. The summed E-state index contributed by atoms with van der Waals surface area (Å²) in [4.78, 5) is 12.8. The van der Waals surface area contributed by atoms with Gasteiger partial charge in [-0.1, -0.05) is 0 Å². The highest BCUT2D eigenvalue weighted by molar-refractivity contribution is 5.95. The third-order valence-corrected chi connectivity index (χ3v) is 5.28. The molecule has 2 rings (SSSR count). The zero-order chi connectivity index (χ0) is 16.3. The van der Waals surface area contributed by atoms with Gasteiger partial charge in [0.1, 0.15) is 5.75 Å². The molecular weight excluding hydrogens is 276 g/mol. The molecule has 1 aromatic carbocycles. The first kappa shape index (κ1) is 16.8. The number of quaternary nitrogens is 1. The van der Waals surface area contributed by atoms with Crippen molar-refractivity contribution < 1.29 is 14.0 Å². The van der Waals surface area contributed by atoms with Gasteiger partial charge >= 0.3 is 0 Å². The van der Waals surface area contributed by atoms with Gasteiger partial charge in [0, 0.05) is 18.5 Å². The van der Waals surface area contributed by atoms with E-state index < -0.39 is 0 Å². The first-order valence-corrected chi connectivity index (χ1v) is 8.25. The van der Waals surface area contributed by atoms with Gasteiger partial charge in [0.15, 0.2) is 6.04 Å². The Bertz CT molecular complexity index is 525. The largest absolute Gasteiger partial charge is 0.497 e. The van der Waals surface area contributed by atoms with Crippen LogP contribution in [-0.2, 0) is 4.79 Å². The molecule has 1 N–H and O–H groups in total. The Morgan fingerprint density at radius 1 is 1.27 bits per heavy atom. The Morgan fingerprint density at radius 2 is 1.82 bits per heavy atom. The van der Waals surface area contributed by atoms with E-state index >= 15 is 0 Å². The molecule has 1 aliphatic heterocycles. The number of methoxy groups -OCH3 is 1. The normalized spacial score (nSPS) is 18.0. The maximum Gasteiger partial charge on any atom is 0.282 e. The number of carbonyl (C=O) groups excluding carboxylic acids is 1. The Kier molecular flexibility index (Phi) is 5.12. The predicted octanol–water partition coefficient (Wildman–Crippen LogP) is 3.27. The van der Waals surface area contributed by atoms with Crippen LogP contribution in [-0.4, -0.2) is 43.2 Å². The van der Waals surface area contributed by atoms with Crippen LogP contribution in [0.25, 0.3) is 0 Å². The quantitative estimate of drug-likeness (QED) is 0.848. The van der Waals surface area contributed by atoms with Crippen LogP contribution in [0.1, 0.15) is 37.8 Å². The number of benzene rings is 1. The monoisotopic (exact) mass is 305 g/mol. The Hall–Kier alpha value is -1.55. The number of nitrogens with one attached hydrogen (secondary N) is 1. The smallest absolute Gasteiger partial charge is 0.282 e. The lowest BCUT2D eigenvalue weighted by molar-refractivity contribution is -0.928. The molecule has 0 radical (unpaired) electrons. The van der Waals surface area contributed by atoms with Gasteiger partial charge in [0.05, 0.1) is 26.7 Å². The molecule has 4 nitrogen and oxygen atoms in total. The minimum absolute atomic E-state index is 0.00611. The van der Waals surface area contributed by atoms with Gasteiger partial charge in [-0.15, -0.1) is 0 Å². The summed E-state index contributed by atoms with van der Waals surface area (Å²) in [6, 6.07) is 3.93. The van der Waals surface area contributed by atoms with E-state index in [9.17, 15) is 4.79 Å². The molecule has 1 fully saturated rings. The summed E-state index contributed by atoms with van der Waals surface area (Å²) < 4.78 is 6.20. The highest BCUT2D eigenvalue weighted by Gasteiger charge is 2.39. The molecule has 1 aliphatic rings. The summed E-state index contributed by atoms with van der Waals surface area (Å²) in [5.41, 5.74) is 3.01. The second kappa shape index (κ2) is 6.69. The van der Waals surface area contributed by atoms with Crippen molar-refractivity contribution in [2.24, 2.45) is 0 Å². The standard InChI is InChI=1S/C18H28N2O2/c1-6-20(9-7-8-10-20)15(4)18(21)19-17-13(2)11-16(22-5)12-14(17)3/h11-12,15H,6-10H2,1-5H3/p+1. The summed E-state index contributed by atoms with van der Waals surface area (Å²) >= 11 is 0. The van der Waals surface area contributed by atoms with Crippen molar-refractivity contribution >= 4 is 11.6 Å². The topological polar surface area (TPSA) is 38.3 Å². The Morgan fingerprint density at radius 3 is 2.27 bits per heavy atom. The second-order valence-corrected chi connectivity index (χ2v) is 6.49. The maximum atomic E-state index is 12.8. The summed E-state index contributed by atoms with van der Waals surface area (Å²) in [5.74, 6) is 0.956. The first-order valence-electron chi connectivity index (χ1n) is 8.25. The van der Waals surface area contributed by atoms with Crippen LogP contribution >= 0.6 is 0 Å². The molecule has 0 bridgehead atoms. The van der Waals surface area contributed by atoms with Crippen LogP contribution in [0.2, 0.25) is 0 Å². The van der Waals surface area contributed by atoms with Crippen molar-refractivity contribution in [3.05, 3.63) is 23.3 Å². The van der Waals surface area contributed by atoms with Gasteiger partial charge in [0.2, 0.25) is 0 Å². The van der Waals surface area contributed by atoms with Crippen molar-refractivity contribution in [2.45, 2.75) is 46.6 Å². The number of likely N-dealkylation sites (tertiary alicyclic amines) is 1. The van der Waals surface area contributed by atoms with E-state index in [-0.39, 0.29) is 11.9 Å². The fourth-order valence-corrected chi connectivity index (χ4v) is 3.66. The SMILES string of the molecule is CC[N+]1(C(C)C(=O)Nc2c(C)cc(OC)cc2C)CCCC1. The number of aryl methyl sites for hydroxylation is 2. The lowest BCUT2D eigenvalue weighted by Crippen LogP contribution is -2.56. The molecule has 1 amide bonds. The van der Waals surface area contributed by atoms with Crippen LogP contribution in [0.15, 0.2) is 12.1 Å². The summed E-state index contributed by atoms with van der Waals surface area (Å²) in [7, 11) is 1.66. The third kappa shape index (κ3) is 3.12. The van der Waals surface area contributed by atoms with Crippen LogP contribution < -0.4 is 10.1 Å². The second-order valence-electron chi connectivity index (χ2n) is 6.49. The number of nitrogens with zero attached hydrogens (tertiary/aromatic N) is 1. The van der Waals surface area contributed by atoms with Gasteiger partial charge < -0.3 is 14.5 Å². The fourth-order valence-electron chi connectivity index (χ4n) is 3.66.